The molecule has 0 heterocycles. The van der Waals surface area contributed by atoms with E-state index in [0.717, 1.165) is 0 Å². The van der Waals surface area contributed by atoms with Crippen LogP contribution in [0.1, 0.15) is 20.8 Å². The maximum atomic E-state index is 10.8. The number of imide groups is 1. The summed E-state index contributed by atoms with van der Waals surface area (Å²) >= 11 is 0. The van der Waals surface area contributed by atoms with Crippen LogP contribution in [0.2, 0.25) is 0 Å². The molecule has 0 unspecified atom stereocenters. The van der Waals surface area contributed by atoms with E-state index in [9.17, 15) is 14.4 Å². The summed E-state index contributed by atoms with van der Waals surface area (Å²) in [6, 6.07) is 0. The molecule has 0 atom stereocenters. The number of hydrogen-bond donors (Lipinski definition) is 2. The number of carboxylic acid groups (broad SMARTS) is 1. The van der Waals surface area contributed by atoms with Crippen LogP contribution in [0, 0.1) is 0 Å². The summed E-state index contributed by atoms with van der Waals surface area (Å²) in [5, 5.41) is 9.65. The molecule has 0 radical (unpaired) electrons. The molecule has 0 aliphatic carbocycles. The molecule has 13 heavy (non-hydrogen) atoms. The van der Waals surface area contributed by atoms with E-state index in [0.29, 0.717) is 0 Å². The second-order valence-corrected chi connectivity index (χ2v) is 3.26. The van der Waals surface area contributed by atoms with Crippen LogP contribution < -0.4 is 5.32 Å². The Balaban J connectivity index is 4.04. The van der Waals surface area contributed by atoms with Crippen molar-refractivity contribution in [2.24, 2.45) is 0 Å². The molecule has 0 saturated carbocycles. The van der Waals surface area contributed by atoms with Crippen LogP contribution in [0.4, 0.5) is 4.79 Å². The van der Waals surface area contributed by atoms with Gasteiger partial charge in [-0.1, -0.05) is 0 Å². The second-order valence-electron chi connectivity index (χ2n) is 3.26. The zero-order chi connectivity index (χ0) is 10.6. The van der Waals surface area contributed by atoms with Gasteiger partial charge in [-0.3, -0.25) is 10.1 Å². The molecule has 0 aliphatic heterocycles. The lowest BCUT2D eigenvalue weighted by atomic mass is 10.2. The summed E-state index contributed by atoms with van der Waals surface area (Å²) in [6.45, 7) is 4.79. The molecule has 0 fully saturated rings. The number of aliphatic carboxylic acids is 1. The molecule has 0 spiro atoms. The van der Waals surface area contributed by atoms with Gasteiger partial charge in [0.2, 0.25) is 0 Å². The molecule has 0 aromatic carbocycles. The van der Waals surface area contributed by atoms with E-state index in [2.05, 4.69) is 4.74 Å². The Bertz CT molecular complexity index is 240. The van der Waals surface area contributed by atoms with Crippen LogP contribution in [0.3, 0.4) is 0 Å². The molecular weight excluding hydrogens is 178 g/mol. The number of ether oxygens (including phenoxy) is 1. The van der Waals surface area contributed by atoms with Crippen molar-refractivity contribution in [1.29, 1.82) is 0 Å². The first-order chi connectivity index (χ1) is 5.72. The van der Waals surface area contributed by atoms with Gasteiger partial charge in [-0.2, -0.15) is 0 Å². The van der Waals surface area contributed by atoms with Gasteiger partial charge >= 0.3 is 18.0 Å². The fourth-order valence-electron chi connectivity index (χ4n) is 0.450. The van der Waals surface area contributed by atoms with Crippen LogP contribution in [0.5, 0.6) is 0 Å². The lowest BCUT2D eigenvalue weighted by Crippen LogP contribution is -2.39. The number of rotatable bonds is 0. The Hall–Kier alpha value is -1.59. The fourth-order valence-corrected chi connectivity index (χ4v) is 0.450. The zero-order valence-electron chi connectivity index (χ0n) is 7.58. The molecule has 2 amide bonds. The first-order valence-corrected chi connectivity index (χ1v) is 3.49. The Kier molecular flexibility index (Phi) is 3.41. The lowest BCUT2D eigenvalue weighted by molar-refractivity contribution is -0.150. The summed E-state index contributed by atoms with van der Waals surface area (Å²) in [5.74, 6) is -3.14. The van der Waals surface area contributed by atoms with E-state index in [-0.39, 0.29) is 0 Å². The van der Waals surface area contributed by atoms with Gasteiger partial charge in [0.25, 0.3) is 0 Å². The predicted molar refractivity (Wildman–Crippen MR) is 42.0 cm³/mol. The molecule has 0 aliphatic rings. The third-order valence-electron chi connectivity index (χ3n) is 0.809. The van der Waals surface area contributed by atoms with E-state index in [1.165, 1.54) is 5.32 Å². The second kappa shape index (κ2) is 3.88. The Morgan fingerprint density at radius 3 is 2.00 bits per heavy atom. The van der Waals surface area contributed by atoms with Crippen molar-refractivity contribution in [3.63, 3.8) is 0 Å². The van der Waals surface area contributed by atoms with E-state index in [1.807, 2.05) is 0 Å². The molecule has 0 rings (SSSR count). The highest BCUT2D eigenvalue weighted by molar-refractivity contribution is 6.34. The van der Waals surface area contributed by atoms with E-state index in [1.54, 1.807) is 20.8 Å². The van der Waals surface area contributed by atoms with Gasteiger partial charge < -0.3 is 9.84 Å². The SMILES string of the molecule is CC(C)(C)OC(=O)NC(=O)C(=O)O. The monoisotopic (exact) mass is 189 g/mol. The maximum Gasteiger partial charge on any atom is 0.414 e. The number of carboxylic acids is 1. The smallest absolute Gasteiger partial charge is 0.414 e. The summed E-state index contributed by atoms with van der Waals surface area (Å²) in [6.07, 6.45) is -1.07. The molecule has 2 N–H and O–H groups in total. The van der Waals surface area contributed by atoms with Crippen molar-refractivity contribution in [3.05, 3.63) is 0 Å². The standard InChI is InChI=1S/C7H11NO5/c1-7(2,3)13-6(12)8-4(9)5(10)11/h1-3H3,(H,10,11)(H,8,9,12). The first kappa shape index (κ1) is 11.4. The average molecular weight is 189 g/mol. The fraction of sp³-hybridized carbons (Fsp3) is 0.571. The topological polar surface area (TPSA) is 92.7 Å². The van der Waals surface area contributed by atoms with E-state index >= 15 is 0 Å². The van der Waals surface area contributed by atoms with Crippen molar-refractivity contribution < 1.29 is 24.2 Å². The number of hydrogen-bond acceptors (Lipinski definition) is 4. The largest absolute Gasteiger partial charge is 0.474 e. The third-order valence-corrected chi connectivity index (χ3v) is 0.809. The van der Waals surface area contributed by atoms with Crippen molar-refractivity contribution in [2.75, 3.05) is 0 Å². The van der Waals surface area contributed by atoms with Gasteiger partial charge in [-0.25, -0.2) is 9.59 Å². The van der Waals surface area contributed by atoms with Gasteiger partial charge in [0.15, 0.2) is 0 Å². The average Bonchev–Trinajstić information content (AvgIpc) is 1.81. The van der Waals surface area contributed by atoms with E-state index < -0.39 is 23.6 Å². The van der Waals surface area contributed by atoms with Crippen molar-refractivity contribution in [1.82, 2.24) is 5.32 Å². The molecule has 0 aromatic heterocycles. The maximum absolute atomic E-state index is 10.8. The first-order valence-electron chi connectivity index (χ1n) is 3.49. The quantitative estimate of drug-likeness (QED) is 0.528. The minimum atomic E-state index is -1.73. The highest BCUT2D eigenvalue weighted by atomic mass is 16.6. The number of alkyl carbamates (subject to hydrolysis) is 1. The Morgan fingerprint density at radius 1 is 1.23 bits per heavy atom. The van der Waals surface area contributed by atoms with E-state index in [4.69, 9.17) is 5.11 Å². The van der Waals surface area contributed by atoms with Gasteiger partial charge in [0, 0.05) is 0 Å². The molecular formula is C7H11NO5. The van der Waals surface area contributed by atoms with Crippen molar-refractivity contribution in [2.45, 2.75) is 26.4 Å². The van der Waals surface area contributed by atoms with Crippen LogP contribution >= 0.6 is 0 Å². The minimum Gasteiger partial charge on any atom is -0.474 e. The summed E-state index contributed by atoms with van der Waals surface area (Å²) < 4.78 is 4.62. The van der Waals surface area contributed by atoms with Crippen LogP contribution in [-0.4, -0.2) is 28.7 Å². The van der Waals surface area contributed by atoms with Gasteiger partial charge in [0.05, 0.1) is 0 Å². The molecule has 0 aromatic rings. The Labute approximate surface area is 74.9 Å². The Morgan fingerprint density at radius 2 is 1.69 bits per heavy atom. The highest BCUT2D eigenvalue weighted by Gasteiger charge is 2.20. The lowest BCUT2D eigenvalue weighted by Gasteiger charge is -2.18. The summed E-state index contributed by atoms with van der Waals surface area (Å²) in [5.41, 5.74) is -0.761. The van der Waals surface area contributed by atoms with Crippen molar-refractivity contribution >= 4 is 18.0 Å². The predicted octanol–water partition coefficient (Wildman–Crippen LogP) is 0.122. The van der Waals surface area contributed by atoms with Gasteiger partial charge in [0.1, 0.15) is 5.60 Å². The molecule has 74 valence electrons. The summed E-state index contributed by atoms with van der Waals surface area (Å²) in [7, 11) is 0. The van der Waals surface area contributed by atoms with Crippen molar-refractivity contribution in [3.8, 4) is 0 Å². The number of carbonyl (C=O) groups excluding carboxylic acids is 2. The number of nitrogens with one attached hydrogen (secondary N) is 1. The summed E-state index contributed by atoms with van der Waals surface area (Å²) in [4.78, 5) is 31.2. The molecule has 6 nitrogen and oxygen atoms in total. The minimum absolute atomic E-state index is 0.761. The molecule has 0 saturated heterocycles. The highest BCUT2D eigenvalue weighted by Crippen LogP contribution is 2.06. The van der Waals surface area contributed by atoms with Gasteiger partial charge in [-0.05, 0) is 20.8 Å². The van der Waals surface area contributed by atoms with Crippen LogP contribution in [0.25, 0.3) is 0 Å². The molecule has 0 bridgehead atoms. The zero-order valence-corrected chi connectivity index (χ0v) is 7.58. The van der Waals surface area contributed by atoms with Gasteiger partial charge in [-0.15, -0.1) is 0 Å². The number of carbonyl (C=O) groups is 3. The molecule has 6 heteroatoms. The number of amides is 2. The normalized spacial score (nSPS) is 10.4. The van der Waals surface area contributed by atoms with Crippen LogP contribution in [-0.2, 0) is 14.3 Å². The third kappa shape index (κ3) is 5.66. The van der Waals surface area contributed by atoms with Crippen LogP contribution in [0.15, 0.2) is 0 Å².